The maximum absolute atomic E-state index is 2.73. The molecule has 1 aromatic heterocycles. The second-order valence-corrected chi connectivity index (χ2v) is 18.2. The number of aromatic nitrogens is 1. The van der Waals surface area contributed by atoms with E-state index in [2.05, 4.69) is 192 Å². The summed E-state index contributed by atoms with van der Waals surface area (Å²) in [6.45, 7) is 14.0. The number of hydrogen-bond acceptors (Lipinski definition) is 0. The average molecular weight is 764 g/mol. The van der Waals surface area contributed by atoms with Crippen LogP contribution in [-0.2, 0) is 0 Å². The van der Waals surface area contributed by atoms with E-state index in [4.69, 9.17) is 0 Å². The van der Waals surface area contributed by atoms with Gasteiger partial charge in [0.2, 0.25) is 6.71 Å². The van der Waals surface area contributed by atoms with Crippen molar-refractivity contribution in [2.45, 2.75) is 47.4 Å². The van der Waals surface area contributed by atoms with Crippen LogP contribution in [0.3, 0.4) is 0 Å². The van der Waals surface area contributed by atoms with E-state index in [1.807, 2.05) is 0 Å². The highest BCUT2D eigenvalue weighted by Crippen LogP contribution is 2.55. The molecule has 10 aromatic rings. The summed E-state index contributed by atoms with van der Waals surface area (Å²) in [6, 6.07) is 56.6. The molecular weight excluding hydrogens is 720 g/mol. The standard InChI is InChI=1S/C57H43B2N/c1-31-25-33(3)52(34(4)26-31)58-54-42-19-10-9-17-39(42)41-20-13-22-44(49(41)54)50-51-45-23-14-21-43-40-18-11-12-24-48(40)60(57(43)45)59(53-35(5)27-32(2)28-36(53)6)56(51)47-30-38-16-8-7-15-37(38)29-46(47)55(50)58/h7-30,54H,1-6H3. The number of rotatable bonds is 2. The smallest absolute Gasteiger partial charge is 0.330 e. The lowest BCUT2D eigenvalue weighted by molar-refractivity contribution is 1.16. The summed E-state index contributed by atoms with van der Waals surface area (Å²) in [5.41, 5.74) is 27.8. The van der Waals surface area contributed by atoms with Gasteiger partial charge in [-0.1, -0.05) is 172 Å². The van der Waals surface area contributed by atoms with E-state index in [1.54, 1.807) is 0 Å². The Morgan fingerprint density at radius 2 is 0.950 bits per heavy atom. The molecule has 0 fully saturated rings. The monoisotopic (exact) mass is 763 g/mol. The van der Waals surface area contributed by atoms with Gasteiger partial charge in [0.1, 0.15) is 0 Å². The van der Waals surface area contributed by atoms with Gasteiger partial charge in [-0.15, -0.1) is 0 Å². The molecule has 0 amide bonds. The molecule has 3 aliphatic rings. The van der Waals surface area contributed by atoms with Crippen molar-refractivity contribution in [3.8, 4) is 33.4 Å². The van der Waals surface area contributed by atoms with Crippen LogP contribution in [0.1, 0.15) is 50.3 Å². The first-order valence-corrected chi connectivity index (χ1v) is 21.7. The minimum Gasteiger partial charge on any atom is -0.375 e. The minimum atomic E-state index is -0.0418. The van der Waals surface area contributed by atoms with Gasteiger partial charge in [0.05, 0.1) is 0 Å². The molecule has 13 rings (SSSR count). The fourth-order valence-corrected chi connectivity index (χ4v) is 13.0. The number of para-hydroxylation sites is 2. The molecule has 0 spiro atoms. The lowest BCUT2D eigenvalue weighted by Gasteiger charge is -2.40. The second-order valence-electron chi connectivity index (χ2n) is 18.2. The Morgan fingerprint density at radius 1 is 0.417 bits per heavy atom. The molecule has 0 bridgehead atoms. The van der Waals surface area contributed by atoms with E-state index in [1.165, 1.54) is 143 Å². The summed E-state index contributed by atoms with van der Waals surface area (Å²) in [5.74, 6) is 0.191. The van der Waals surface area contributed by atoms with E-state index in [0.717, 1.165) is 0 Å². The Bertz CT molecular complexity index is 3540. The largest absolute Gasteiger partial charge is 0.375 e. The predicted octanol–water partition coefficient (Wildman–Crippen LogP) is 11.5. The second kappa shape index (κ2) is 12.0. The van der Waals surface area contributed by atoms with E-state index in [0.29, 0.717) is 0 Å². The third-order valence-corrected chi connectivity index (χ3v) is 14.8. The van der Waals surface area contributed by atoms with E-state index in [9.17, 15) is 0 Å². The van der Waals surface area contributed by atoms with Gasteiger partial charge >= 0.3 is 6.85 Å². The van der Waals surface area contributed by atoms with Crippen molar-refractivity contribution in [2.24, 2.45) is 0 Å². The van der Waals surface area contributed by atoms with Crippen molar-refractivity contribution in [2.75, 3.05) is 0 Å². The molecule has 9 aromatic carbocycles. The Morgan fingerprint density at radius 3 is 1.68 bits per heavy atom. The minimum absolute atomic E-state index is 0.0418. The third-order valence-electron chi connectivity index (χ3n) is 14.8. The molecule has 1 atom stereocenters. The van der Waals surface area contributed by atoms with Crippen LogP contribution in [0.2, 0.25) is 0 Å². The first-order chi connectivity index (χ1) is 29.3. The van der Waals surface area contributed by atoms with Gasteiger partial charge in [-0.3, -0.25) is 0 Å². The van der Waals surface area contributed by atoms with Crippen LogP contribution in [0, 0.1) is 41.5 Å². The highest BCUT2D eigenvalue weighted by Gasteiger charge is 2.49. The first-order valence-electron chi connectivity index (χ1n) is 21.7. The molecule has 0 saturated carbocycles. The molecule has 1 aliphatic carbocycles. The summed E-state index contributed by atoms with van der Waals surface area (Å²) in [4.78, 5) is 0. The topological polar surface area (TPSA) is 4.93 Å². The SMILES string of the molecule is Cc1cc(C)c(B2c3c(c4c(c5cc6ccccc6cc35)B(c3c(C)cc(C)cc3C)n3c5ccccc5c5cccc-4c53)-c3cccc4c3C2c2ccccc2-4)c(C)c1. The maximum atomic E-state index is 2.73. The van der Waals surface area contributed by atoms with Gasteiger partial charge in [0, 0.05) is 27.4 Å². The molecule has 60 heavy (non-hydrogen) atoms. The third kappa shape index (κ3) is 4.30. The molecule has 2 aliphatic heterocycles. The van der Waals surface area contributed by atoms with E-state index >= 15 is 0 Å². The van der Waals surface area contributed by atoms with Crippen LogP contribution in [-0.4, -0.2) is 18.0 Å². The van der Waals surface area contributed by atoms with Gasteiger partial charge in [-0.05, 0) is 137 Å². The van der Waals surface area contributed by atoms with Crippen molar-refractivity contribution >= 4 is 78.8 Å². The fourth-order valence-electron chi connectivity index (χ4n) is 13.0. The molecule has 0 N–H and O–H groups in total. The lowest BCUT2D eigenvalue weighted by Crippen LogP contribution is -2.57. The highest BCUT2D eigenvalue weighted by molar-refractivity contribution is 6.94. The van der Waals surface area contributed by atoms with Gasteiger partial charge in [-0.2, -0.15) is 0 Å². The lowest BCUT2D eigenvalue weighted by atomic mass is 9.27. The summed E-state index contributed by atoms with van der Waals surface area (Å²) in [5, 5.41) is 7.97. The zero-order valence-electron chi connectivity index (χ0n) is 35.0. The van der Waals surface area contributed by atoms with Gasteiger partial charge < -0.3 is 4.48 Å². The Balaban J connectivity index is 1.33. The summed E-state index contributed by atoms with van der Waals surface area (Å²) < 4.78 is 2.73. The van der Waals surface area contributed by atoms with Crippen LogP contribution < -0.4 is 21.9 Å². The first kappa shape index (κ1) is 34.3. The molecule has 282 valence electrons. The van der Waals surface area contributed by atoms with Gasteiger partial charge in [0.15, 0.2) is 0 Å². The Hall–Kier alpha value is -6.57. The van der Waals surface area contributed by atoms with E-state index in [-0.39, 0.29) is 19.4 Å². The summed E-state index contributed by atoms with van der Waals surface area (Å²) >= 11 is 0. The average Bonchev–Trinajstić information content (AvgIpc) is 3.76. The van der Waals surface area contributed by atoms with Crippen molar-refractivity contribution in [1.29, 1.82) is 0 Å². The normalized spacial score (nSPS) is 14.6. The molecule has 1 nitrogen and oxygen atoms in total. The number of aryl methyl sites for hydroxylation is 6. The van der Waals surface area contributed by atoms with Gasteiger partial charge in [0.25, 0.3) is 0 Å². The zero-order valence-corrected chi connectivity index (χ0v) is 35.0. The van der Waals surface area contributed by atoms with Crippen molar-refractivity contribution in [1.82, 2.24) is 4.48 Å². The quantitative estimate of drug-likeness (QED) is 0.122. The van der Waals surface area contributed by atoms with Crippen LogP contribution >= 0.6 is 0 Å². The summed E-state index contributed by atoms with van der Waals surface area (Å²) in [6.07, 6.45) is 0. The molecular formula is C57H43B2N. The summed E-state index contributed by atoms with van der Waals surface area (Å²) in [7, 11) is 0. The predicted molar refractivity (Wildman–Crippen MR) is 259 cm³/mol. The van der Waals surface area contributed by atoms with Crippen molar-refractivity contribution in [3.63, 3.8) is 0 Å². The number of fused-ring (bicyclic) bond motifs is 15. The zero-order chi connectivity index (χ0) is 40.3. The number of benzene rings is 9. The van der Waals surface area contributed by atoms with Gasteiger partial charge in [-0.25, -0.2) is 0 Å². The molecule has 0 radical (unpaired) electrons. The molecule has 1 unspecified atom stereocenters. The maximum Gasteiger partial charge on any atom is 0.330 e. The number of hydrogen-bond donors (Lipinski definition) is 0. The van der Waals surface area contributed by atoms with Crippen LogP contribution in [0.25, 0.3) is 76.7 Å². The molecule has 3 heterocycles. The van der Waals surface area contributed by atoms with Crippen LogP contribution in [0.4, 0.5) is 0 Å². The highest BCUT2D eigenvalue weighted by atomic mass is 14.9. The Kier molecular flexibility index (Phi) is 6.87. The van der Waals surface area contributed by atoms with Crippen LogP contribution in [0.15, 0.2) is 146 Å². The fraction of sp³-hybridized carbons (Fsp3) is 0.123. The van der Waals surface area contributed by atoms with Crippen LogP contribution in [0.5, 0.6) is 0 Å². The molecule has 0 saturated heterocycles. The Labute approximate surface area is 352 Å². The molecule has 3 heteroatoms. The number of nitrogens with zero attached hydrogens (tertiary/aromatic N) is 1. The van der Waals surface area contributed by atoms with Crippen molar-refractivity contribution in [3.05, 3.63) is 190 Å². The van der Waals surface area contributed by atoms with E-state index < -0.39 is 0 Å². The van der Waals surface area contributed by atoms with Crippen molar-refractivity contribution < 1.29 is 0 Å².